The van der Waals surface area contributed by atoms with E-state index >= 15 is 0 Å². The van der Waals surface area contributed by atoms with Gasteiger partial charge in [-0.25, -0.2) is 9.31 Å². The predicted molar refractivity (Wildman–Crippen MR) is 68.2 cm³/mol. The second-order valence-corrected chi connectivity index (χ2v) is 4.29. The quantitative estimate of drug-likeness (QED) is 0.709. The van der Waals surface area contributed by atoms with E-state index in [1.54, 1.807) is 29.9 Å². The van der Waals surface area contributed by atoms with Crippen LogP contribution in [0, 0.1) is 6.92 Å². The van der Waals surface area contributed by atoms with Crippen LogP contribution >= 0.6 is 0 Å². The van der Waals surface area contributed by atoms with Crippen molar-refractivity contribution < 1.29 is 18.9 Å². The van der Waals surface area contributed by atoms with E-state index in [0.717, 1.165) is 0 Å². The average Bonchev–Trinajstić information content (AvgIpc) is 3.20. The molecule has 0 amide bonds. The van der Waals surface area contributed by atoms with Crippen LogP contribution in [0.25, 0.3) is 11.5 Å². The molecule has 0 fully saturated rings. The van der Waals surface area contributed by atoms with Crippen molar-refractivity contribution in [2.45, 2.75) is 20.1 Å². The number of aryl methyl sites for hydroxylation is 1. The lowest BCUT2D eigenvalue weighted by Crippen LogP contribution is -2.09. The molecule has 1 N–H and O–H groups in total. The summed E-state index contributed by atoms with van der Waals surface area (Å²) in [5.74, 6) is 1.41. The van der Waals surface area contributed by atoms with Gasteiger partial charge < -0.3 is 14.3 Å². The van der Waals surface area contributed by atoms with Gasteiger partial charge in [-0.15, -0.1) is 5.10 Å². The fourth-order valence-electron chi connectivity index (χ4n) is 1.71. The van der Waals surface area contributed by atoms with Crippen molar-refractivity contribution in [3.05, 3.63) is 29.8 Å². The molecule has 0 saturated carbocycles. The van der Waals surface area contributed by atoms with E-state index < -0.39 is 0 Å². The molecule has 21 heavy (non-hydrogen) atoms. The zero-order valence-corrected chi connectivity index (χ0v) is 11.3. The Morgan fingerprint density at radius 2 is 2.24 bits per heavy atom. The lowest BCUT2D eigenvalue weighted by Gasteiger charge is -2.01. The monoisotopic (exact) mass is 291 g/mol. The van der Waals surface area contributed by atoms with E-state index in [9.17, 15) is 0 Å². The predicted octanol–water partition coefficient (Wildman–Crippen LogP) is 0.801. The van der Waals surface area contributed by atoms with Gasteiger partial charge in [-0.2, -0.15) is 0 Å². The molecule has 3 aromatic rings. The summed E-state index contributed by atoms with van der Waals surface area (Å²) in [5, 5.41) is 24.2. The summed E-state index contributed by atoms with van der Waals surface area (Å²) in [6, 6.07) is 3.43. The minimum absolute atomic E-state index is 0.146. The summed E-state index contributed by atoms with van der Waals surface area (Å²) in [5.41, 5.74) is 1.19. The van der Waals surface area contributed by atoms with Gasteiger partial charge in [0.05, 0.1) is 12.7 Å². The largest absolute Gasteiger partial charge is 0.472 e. The highest BCUT2D eigenvalue weighted by molar-refractivity contribution is 5.50. The minimum Gasteiger partial charge on any atom is -0.472 e. The molecule has 9 nitrogen and oxygen atoms in total. The normalized spacial score (nSPS) is 11.0. The van der Waals surface area contributed by atoms with Crippen molar-refractivity contribution in [1.29, 1.82) is 0 Å². The van der Waals surface area contributed by atoms with Crippen LogP contribution in [-0.2, 0) is 13.2 Å². The van der Waals surface area contributed by atoms with Crippen LogP contribution in [0.5, 0.6) is 5.88 Å². The van der Waals surface area contributed by atoms with Crippen LogP contribution in [0.3, 0.4) is 0 Å². The number of ether oxygens (including phenoxy) is 1. The van der Waals surface area contributed by atoms with Crippen LogP contribution in [0.15, 0.2) is 27.4 Å². The van der Waals surface area contributed by atoms with E-state index in [1.807, 2.05) is 0 Å². The third-order valence-electron chi connectivity index (χ3n) is 2.78. The second-order valence-electron chi connectivity index (χ2n) is 4.29. The molecule has 0 aliphatic rings. The SMILES string of the molecule is Cc1nonc1OCCn1cc(-c2ccc(CO)o2)nn1. The molecule has 0 aromatic carbocycles. The summed E-state index contributed by atoms with van der Waals surface area (Å²) in [7, 11) is 0. The van der Waals surface area contributed by atoms with E-state index in [2.05, 4.69) is 25.3 Å². The molecule has 0 atom stereocenters. The molecule has 0 unspecified atom stereocenters. The molecule has 3 rings (SSSR count). The fraction of sp³-hybridized carbons (Fsp3) is 0.333. The Kier molecular flexibility index (Phi) is 3.65. The van der Waals surface area contributed by atoms with Gasteiger partial charge in [0.2, 0.25) is 0 Å². The lowest BCUT2D eigenvalue weighted by atomic mass is 10.3. The van der Waals surface area contributed by atoms with Crippen molar-refractivity contribution in [2.24, 2.45) is 0 Å². The first-order valence-electron chi connectivity index (χ1n) is 6.28. The Hall–Kier alpha value is -2.68. The molecular formula is C12H13N5O4. The number of hydrogen-bond acceptors (Lipinski definition) is 8. The second kappa shape index (κ2) is 5.75. The van der Waals surface area contributed by atoms with Crippen molar-refractivity contribution in [3.8, 4) is 17.3 Å². The van der Waals surface area contributed by atoms with Gasteiger partial charge in [0.25, 0.3) is 5.88 Å². The number of nitrogens with zero attached hydrogens (tertiary/aromatic N) is 5. The summed E-state index contributed by atoms with van der Waals surface area (Å²) in [6.07, 6.45) is 1.73. The Balaban J connectivity index is 1.59. The molecule has 0 bridgehead atoms. The zero-order valence-electron chi connectivity index (χ0n) is 11.3. The van der Waals surface area contributed by atoms with Gasteiger partial charge in [0.1, 0.15) is 30.4 Å². The number of aliphatic hydroxyl groups excluding tert-OH is 1. The van der Waals surface area contributed by atoms with E-state index in [0.29, 0.717) is 41.9 Å². The standard InChI is InChI=1S/C12H13N5O4/c1-8-12(15-21-14-8)19-5-4-17-6-10(13-16-17)11-3-2-9(7-18)20-11/h2-3,6,18H,4-5,7H2,1H3. The van der Waals surface area contributed by atoms with Crippen molar-refractivity contribution >= 4 is 0 Å². The molecule has 3 aromatic heterocycles. The topological polar surface area (TPSA) is 112 Å². The van der Waals surface area contributed by atoms with Gasteiger partial charge in [-0.3, -0.25) is 0 Å². The first-order chi connectivity index (χ1) is 10.3. The zero-order chi connectivity index (χ0) is 14.7. The lowest BCUT2D eigenvalue weighted by molar-refractivity contribution is 0.244. The number of hydrogen-bond donors (Lipinski definition) is 1. The average molecular weight is 291 g/mol. The molecule has 110 valence electrons. The van der Waals surface area contributed by atoms with Crippen LogP contribution in [0.4, 0.5) is 0 Å². The molecule has 0 saturated heterocycles. The maximum atomic E-state index is 8.96. The van der Waals surface area contributed by atoms with Crippen LogP contribution in [-0.4, -0.2) is 37.0 Å². The fourth-order valence-corrected chi connectivity index (χ4v) is 1.71. The summed E-state index contributed by atoms with van der Waals surface area (Å²) >= 11 is 0. The molecule has 0 radical (unpaired) electrons. The minimum atomic E-state index is -0.146. The van der Waals surface area contributed by atoms with E-state index in [1.165, 1.54) is 0 Å². The number of rotatable bonds is 6. The number of aromatic nitrogens is 5. The highest BCUT2D eigenvalue weighted by Gasteiger charge is 2.10. The molecule has 0 aliphatic heterocycles. The van der Waals surface area contributed by atoms with Crippen LogP contribution in [0.2, 0.25) is 0 Å². The van der Waals surface area contributed by atoms with Crippen molar-refractivity contribution in [1.82, 2.24) is 25.3 Å². The Labute approximate surface area is 119 Å². The van der Waals surface area contributed by atoms with Gasteiger partial charge in [0, 0.05) is 0 Å². The number of furan rings is 1. The summed E-state index contributed by atoms with van der Waals surface area (Å²) < 4.78 is 16.9. The highest BCUT2D eigenvalue weighted by atomic mass is 16.6. The van der Waals surface area contributed by atoms with Crippen LogP contribution in [0.1, 0.15) is 11.5 Å². The maximum Gasteiger partial charge on any atom is 0.278 e. The van der Waals surface area contributed by atoms with E-state index in [-0.39, 0.29) is 6.61 Å². The third kappa shape index (κ3) is 2.92. The van der Waals surface area contributed by atoms with E-state index in [4.69, 9.17) is 14.3 Å². The third-order valence-corrected chi connectivity index (χ3v) is 2.78. The van der Waals surface area contributed by atoms with Crippen LogP contribution < -0.4 is 4.74 Å². The summed E-state index contributed by atoms with van der Waals surface area (Å²) in [4.78, 5) is 0. The Morgan fingerprint density at radius 1 is 1.33 bits per heavy atom. The smallest absolute Gasteiger partial charge is 0.278 e. The van der Waals surface area contributed by atoms with Gasteiger partial charge in [-0.05, 0) is 24.2 Å². The summed E-state index contributed by atoms with van der Waals surface area (Å²) in [6.45, 7) is 2.45. The number of aliphatic hydroxyl groups is 1. The van der Waals surface area contributed by atoms with Gasteiger partial charge in [-0.1, -0.05) is 10.4 Å². The Morgan fingerprint density at radius 3 is 2.95 bits per heavy atom. The first-order valence-corrected chi connectivity index (χ1v) is 6.28. The van der Waals surface area contributed by atoms with Gasteiger partial charge >= 0.3 is 0 Å². The molecule has 3 heterocycles. The Bertz CT molecular complexity index is 717. The van der Waals surface area contributed by atoms with Crippen molar-refractivity contribution in [2.75, 3.05) is 6.61 Å². The molecule has 0 spiro atoms. The molecule has 9 heteroatoms. The highest BCUT2D eigenvalue weighted by Crippen LogP contribution is 2.19. The molecular weight excluding hydrogens is 278 g/mol. The van der Waals surface area contributed by atoms with Crippen molar-refractivity contribution in [3.63, 3.8) is 0 Å². The van der Waals surface area contributed by atoms with Gasteiger partial charge in [0.15, 0.2) is 5.76 Å². The molecule has 0 aliphatic carbocycles. The first kappa shape index (κ1) is 13.3. The maximum absolute atomic E-state index is 8.96.